The van der Waals surface area contributed by atoms with Crippen LogP contribution in [-0.4, -0.2) is 0 Å². The Kier molecular flexibility index (Phi) is 4.53. The molecule has 0 nitrogen and oxygen atoms in total. The first kappa shape index (κ1) is 15.9. The maximum Gasteiger partial charge on any atom is 0.417 e. The fourth-order valence-corrected chi connectivity index (χ4v) is 1.95. The van der Waals surface area contributed by atoms with Crippen LogP contribution in [0.4, 0.5) is 26.3 Å². The van der Waals surface area contributed by atoms with Crippen LogP contribution in [0.15, 0.2) is 18.2 Å². The van der Waals surface area contributed by atoms with Gasteiger partial charge in [-0.15, -0.1) is 0 Å². The van der Waals surface area contributed by atoms with Gasteiger partial charge in [-0.25, -0.2) is 0 Å². The van der Waals surface area contributed by atoms with Crippen LogP contribution < -0.4 is 0 Å². The molecule has 1 atom stereocenters. The van der Waals surface area contributed by atoms with Gasteiger partial charge in [0.15, 0.2) is 0 Å². The van der Waals surface area contributed by atoms with Crippen LogP contribution >= 0.6 is 0 Å². The van der Waals surface area contributed by atoms with Crippen molar-refractivity contribution in [2.24, 2.45) is 0 Å². The van der Waals surface area contributed by atoms with Crippen molar-refractivity contribution in [3.8, 4) is 0 Å². The van der Waals surface area contributed by atoms with Gasteiger partial charge in [0.2, 0.25) is 0 Å². The Hall–Kier alpha value is -1.20. The normalized spacial score (nSPS) is 14.5. The molecule has 19 heavy (non-hydrogen) atoms. The first-order valence-corrected chi connectivity index (χ1v) is 5.85. The summed E-state index contributed by atoms with van der Waals surface area (Å²) in [4.78, 5) is 0. The molecule has 0 heterocycles. The molecule has 0 aliphatic carbocycles. The lowest BCUT2D eigenvalue weighted by Crippen LogP contribution is -2.17. The van der Waals surface area contributed by atoms with Crippen molar-refractivity contribution in [3.63, 3.8) is 0 Å². The van der Waals surface area contributed by atoms with Gasteiger partial charge in [0, 0.05) is 0 Å². The molecule has 0 radical (unpaired) electrons. The van der Waals surface area contributed by atoms with Crippen LogP contribution in [0.1, 0.15) is 49.3 Å². The first-order valence-electron chi connectivity index (χ1n) is 5.85. The van der Waals surface area contributed by atoms with Gasteiger partial charge in [-0.3, -0.25) is 0 Å². The summed E-state index contributed by atoms with van der Waals surface area (Å²) in [5, 5.41) is 0. The minimum atomic E-state index is -5.01. The van der Waals surface area contributed by atoms with Crippen molar-refractivity contribution in [1.29, 1.82) is 0 Å². The van der Waals surface area contributed by atoms with Crippen LogP contribution in [0, 0.1) is 0 Å². The predicted octanol–water partition coefficient (Wildman–Crippen LogP) is 5.63. The molecule has 0 bridgehead atoms. The quantitative estimate of drug-likeness (QED) is 0.631. The van der Waals surface area contributed by atoms with Gasteiger partial charge in [0.05, 0.1) is 11.1 Å². The zero-order valence-electron chi connectivity index (χ0n) is 10.5. The molecular weight excluding hydrogens is 270 g/mol. The standard InChI is InChI=1S/C13H14F6/c1-3-4-8(2)9-5-6-10(12(14,15)16)11(7-9)13(17,18)19/h5-8H,3-4H2,1-2H3. The van der Waals surface area contributed by atoms with E-state index in [1.165, 1.54) is 0 Å². The smallest absolute Gasteiger partial charge is 0.166 e. The Morgan fingerprint density at radius 3 is 1.89 bits per heavy atom. The summed E-state index contributed by atoms with van der Waals surface area (Å²) in [7, 11) is 0. The highest BCUT2D eigenvalue weighted by Gasteiger charge is 2.43. The zero-order chi connectivity index (χ0) is 14.8. The Morgan fingerprint density at radius 2 is 1.47 bits per heavy atom. The number of alkyl halides is 6. The molecule has 1 aromatic rings. The van der Waals surface area contributed by atoms with Crippen molar-refractivity contribution in [3.05, 3.63) is 34.9 Å². The minimum absolute atomic E-state index is 0.201. The van der Waals surface area contributed by atoms with E-state index in [0.717, 1.165) is 12.5 Å². The van der Waals surface area contributed by atoms with E-state index >= 15 is 0 Å². The largest absolute Gasteiger partial charge is 0.417 e. The molecule has 108 valence electrons. The van der Waals surface area contributed by atoms with E-state index in [0.29, 0.717) is 18.6 Å². The van der Waals surface area contributed by atoms with Gasteiger partial charge < -0.3 is 0 Å². The highest BCUT2D eigenvalue weighted by molar-refractivity contribution is 5.37. The van der Waals surface area contributed by atoms with E-state index in [2.05, 4.69) is 0 Å². The van der Waals surface area contributed by atoms with E-state index in [1.807, 2.05) is 6.92 Å². The molecular formula is C13H14F6. The predicted molar refractivity (Wildman–Crippen MR) is 59.8 cm³/mol. The summed E-state index contributed by atoms with van der Waals surface area (Å²) in [6, 6.07) is 2.26. The lowest BCUT2D eigenvalue weighted by atomic mass is 9.92. The summed E-state index contributed by atoms with van der Waals surface area (Å²) in [5.41, 5.74) is -2.96. The van der Waals surface area contributed by atoms with Gasteiger partial charge in [0.1, 0.15) is 0 Å². The van der Waals surface area contributed by atoms with Crippen LogP contribution in [0.2, 0.25) is 0 Å². The van der Waals surface area contributed by atoms with Gasteiger partial charge in [-0.1, -0.05) is 26.3 Å². The summed E-state index contributed by atoms with van der Waals surface area (Å²) >= 11 is 0. The second kappa shape index (κ2) is 5.43. The van der Waals surface area contributed by atoms with E-state index < -0.39 is 23.5 Å². The van der Waals surface area contributed by atoms with E-state index in [4.69, 9.17) is 0 Å². The third-order valence-corrected chi connectivity index (χ3v) is 2.95. The molecule has 1 rings (SSSR count). The highest BCUT2D eigenvalue weighted by Crippen LogP contribution is 2.41. The Morgan fingerprint density at radius 1 is 0.947 bits per heavy atom. The van der Waals surface area contributed by atoms with E-state index in [-0.39, 0.29) is 11.5 Å². The molecule has 0 aliphatic heterocycles. The monoisotopic (exact) mass is 284 g/mol. The first-order chi connectivity index (χ1) is 8.57. The van der Waals surface area contributed by atoms with Gasteiger partial charge >= 0.3 is 12.4 Å². The van der Waals surface area contributed by atoms with Crippen LogP contribution in [-0.2, 0) is 12.4 Å². The second-order valence-corrected chi connectivity index (χ2v) is 4.49. The molecule has 0 N–H and O–H groups in total. The van der Waals surface area contributed by atoms with Gasteiger partial charge in [-0.05, 0) is 30.0 Å². The number of rotatable bonds is 3. The molecule has 0 aromatic heterocycles. The molecule has 0 saturated carbocycles. The van der Waals surface area contributed by atoms with Crippen molar-refractivity contribution in [2.75, 3.05) is 0 Å². The van der Waals surface area contributed by atoms with Crippen molar-refractivity contribution >= 4 is 0 Å². The minimum Gasteiger partial charge on any atom is -0.166 e. The third-order valence-electron chi connectivity index (χ3n) is 2.95. The molecule has 0 saturated heterocycles. The van der Waals surface area contributed by atoms with Crippen LogP contribution in [0.5, 0.6) is 0 Å². The third kappa shape index (κ3) is 3.88. The number of hydrogen-bond acceptors (Lipinski definition) is 0. The number of halogens is 6. The highest BCUT2D eigenvalue weighted by atomic mass is 19.4. The Labute approximate surface area is 107 Å². The molecule has 1 aromatic carbocycles. The fraction of sp³-hybridized carbons (Fsp3) is 0.538. The number of hydrogen-bond donors (Lipinski definition) is 0. The molecule has 0 spiro atoms. The molecule has 0 fully saturated rings. The lowest BCUT2D eigenvalue weighted by Gasteiger charge is -2.18. The van der Waals surface area contributed by atoms with Gasteiger partial charge in [0.25, 0.3) is 0 Å². The average Bonchev–Trinajstić information content (AvgIpc) is 2.26. The Balaban J connectivity index is 3.32. The Bertz CT molecular complexity index is 430. The zero-order valence-corrected chi connectivity index (χ0v) is 10.5. The summed E-state index contributed by atoms with van der Waals surface area (Å²) in [6.45, 7) is 3.57. The molecule has 0 amide bonds. The van der Waals surface area contributed by atoms with Crippen molar-refractivity contribution < 1.29 is 26.3 Å². The lowest BCUT2D eigenvalue weighted by molar-refractivity contribution is -0.162. The summed E-state index contributed by atoms with van der Waals surface area (Å²) in [6.07, 6.45) is -8.63. The van der Waals surface area contributed by atoms with Crippen LogP contribution in [0.3, 0.4) is 0 Å². The topological polar surface area (TPSA) is 0 Å². The molecule has 1 unspecified atom stereocenters. The maximum absolute atomic E-state index is 12.7. The average molecular weight is 284 g/mol. The van der Waals surface area contributed by atoms with Gasteiger partial charge in [-0.2, -0.15) is 26.3 Å². The molecule has 0 aliphatic rings. The van der Waals surface area contributed by atoms with E-state index in [9.17, 15) is 26.3 Å². The second-order valence-electron chi connectivity index (χ2n) is 4.49. The molecule has 6 heteroatoms. The fourth-order valence-electron chi connectivity index (χ4n) is 1.95. The van der Waals surface area contributed by atoms with E-state index in [1.54, 1.807) is 6.92 Å². The van der Waals surface area contributed by atoms with Crippen LogP contribution in [0.25, 0.3) is 0 Å². The van der Waals surface area contributed by atoms with Crippen molar-refractivity contribution in [2.45, 2.75) is 45.0 Å². The number of benzene rings is 1. The summed E-state index contributed by atoms with van der Waals surface area (Å²) < 4.78 is 75.8. The maximum atomic E-state index is 12.7. The SMILES string of the molecule is CCCC(C)c1ccc(C(F)(F)F)c(C(F)(F)F)c1. The van der Waals surface area contributed by atoms with Crippen molar-refractivity contribution in [1.82, 2.24) is 0 Å². The summed E-state index contributed by atoms with van der Waals surface area (Å²) in [5.74, 6) is -0.201.